The second-order valence-electron chi connectivity index (χ2n) is 13.0. The normalized spacial score (nSPS) is 24.0. The molecule has 3 fully saturated rings. The highest BCUT2D eigenvalue weighted by Gasteiger charge is 2.40. The van der Waals surface area contributed by atoms with Crippen LogP contribution in [-0.2, 0) is 16.0 Å². The number of hydrogen-bond donors (Lipinski definition) is 3. The lowest BCUT2D eigenvalue weighted by Gasteiger charge is -2.28. The van der Waals surface area contributed by atoms with Gasteiger partial charge in [0, 0.05) is 42.2 Å². The summed E-state index contributed by atoms with van der Waals surface area (Å²) in [4.78, 5) is 41.1. The maximum absolute atomic E-state index is 13.8. The predicted octanol–water partition coefficient (Wildman–Crippen LogP) is 5.02. The summed E-state index contributed by atoms with van der Waals surface area (Å²) in [5.41, 5.74) is 1.98. The Morgan fingerprint density at radius 2 is 1.88 bits per heavy atom. The molecule has 2 saturated carbocycles. The largest absolute Gasteiger partial charge is 0.491 e. The number of aliphatic hydroxyl groups excluding tert-OH is 1. The number of hydrogen-bond acceptors (Lipinski definition) is 5. The van der Waals surface area contributed by atoms with Crippen LogP contribution in [0.25, 0.3) is 0 Å². The predicted molar refractivity (Wildman–Crippen MR) is 167 cm³/mol. The van der Waals surface area contributed by atoms with Gasteiger partial charge >= 0.3 is 0 Å². The summed E-state index contributed by atoms with van der Waals surface area (Å²) in [5.74, 6) is 1.09. The van der Waals surface area contributed by atoms with Crippen LogP contribution in [0.2, 0.25) is 0 Å². The maximum Gasteiger partial charge on any atom is 0.251 e. The zero-order valence-electron chi connectivity index (χ0n) is 25.8. The molecule has 2 aliphatic carbocycles. The van der Waals surface area contributed by atoms with Crippen LogP contribution >= 0.6 is 0 Å². The number of amides is 3. The molecule has 2 aromatic rings. The van der Waals surface area contributed by atoms with Crippen molar-refractivity contribution >= 4 is 23.4 Å². The first-order chi connectivity index (χ1) is 20.7. The van der Waals surface area contributed by atoms with Crippen molar-refractivity contribution in [3.05, 3.63) is 59.7 Å². The molecule has 2 bridgehead atoms. The summed E-state index contributed by atoms with van der Waals surface area (Å²) in [7, 11) is 0. The Morgan fingerprint density at radius 3 is 2.53 bits per heavy atom. The molecule has 1 saturated heterocycles. The number of nitrogens with zero attached hydrogens (tertiary/aromatic N) is 1. The molecule has 8 heteroatoms. The van der Waals surface area contributed by atoms with Crippen molar-refractivity contribution in [3.63, 3.8) is 0 Å². The van der Waals surface area contributed by atoms with E-state index < -0.39 is 18.1 Å². The molecule has 5 rings (SSSR count). The third kappa shape index (κ3) is 7.77. The van der Waals surface area contributed by atoms with Crippen molar-refractivity contribution < 1.29 is 24.2 Å². The fourth-order valence-corrected chi connectivity index (χ4v) is 6.96. The number of rotatable bonds is 13. The number of carbonyl (C=O) groups excluding carboxylic acids is 3. The Morgan fingerprint density at radius 1 is 1.09 bits per heavy atom. The number of ether oxygens (including phenoxy) is 1. The third-order valence-electron chi connectivity index (χ3n) is 9.64. The van der Waals surface area contributed by atoms with Gasteiger partial charge in [-0.05, 0) is 81.4 Å². The van der Waals surface area contributed by atoms with Crippen LogP contribution < -0.4 is 20.3 Å². The maximum atomic E-state index is 13.8. The molecule has 0 aromatic heterocycles. The number of benzene rings is 2. The fourth-order valence-electron chi connectivity index (χ4n) is 6.96. The van der Waals surface area contributed by atoms with E-state index in [0.29, 0.717) is 42.3 Å². The Balaban J connectivity index is 1.32. The average Bonchev–Trinajstić information content (AvgIpc) is 3.74. The fraction of sp³-hybridized carbons (Fsp3) is 0.571. The van der Waals surface area contributed by atoms with Crippen LogP contribution in [0, 0.1) is 17.8 Å². The molecule has 0 spiro atoms. The van der Waals surface area contributed by atoms with Crippen LogP contribution in [0.15, 0.2) is 48.5 Å². The van der Waals surface area contributed by atoms with Gasteiger partial charge in [-0.25, -0.2) is 0 Å². The molecule has 8 nitrogen and oxygen atoms in total. The molecule has 2 aromatic carbocycles. The number of carbonyl (C=O) groups is 3. The van der Waals surface area contributed by atoms with Crippen molar-refractivity contribution in [1.82, 2.24) is 10.6 Å². The van der Waals surface area contributed by atoms with E-state index in [1.54, 1.807) is 17.0 Å². The summed E-state index contributed by atoms with van der Waals surface area (Å²) in [6, 6.07) is 14.6. The zero-order valence-corrected chi connectivity index (χ0v) is 25.8. The van der Waals surface area contributed by atoms with E-state index in [9.17, 15) is 19.5 Å². The molecule has 0 radical (unpaired) electrons. The highest BCUT2D eigenvalue weighted by Crippen LogP contribution is 2.44. The van der Waals surface area contributed by atoms with Crippen molar-refractivity contribution in [2.24, 2.45) is 17.8 Å². The molecule has 232 valence electrons. The lowest BCUT2D eigenvalue weighted by Crippen LogP contribution is -2.47. The molecule has 3 N–H and O–H groups in total. The zero-order chi connectivity index (χ0) is 30.5. The lowest BCUT2D eigenvalue weighted by molar-refractivity contribution is -0.126. The molecule has 43 heavy (non-hydrogen) atoms. The monoisotopic (exact) mass is 589 g/mol. The Kier molecular flexibility index (Phi) is 10.1. The van der Waals surface area contributed by atoms with Crippen molar-refractivity contribution in [3.8, 4) is 5.75 Å². The number of aliphatic hydroxyl groups is 1. The summed E-state index contributed by atoms with van der Waals surface area (Å²) >= 11 is 0. The number of fused-ring (bicyclic) bond motifs is 2. The minimum Gasteiger partial charge on any atom is -0.491 e. The SMILES string of the molecule is CC[C@H](C)Oc1cc(C(=O)NC(Cc2ccccc2)[C@@H](O)C[C@@H](C)C(=O)NC2CC3CCC2C3)cc(N2CCCC2=O)c1. The van der Waals surface area contributed by atoms with Gasteiger partial charge in [-0.2, -0.15) is 0 Å². The summed E-state index contributed by atoms with van der Waals surface area (Å²) in [6.07, 6.45) is 6.44. The van der Waals surface area contributed by atoms with Gasteiger partial charge in [0.1, 0.15) is 5.75 Å². The van der Waals surface area contributed by atoms with Crippen LogP contribution in [-0.4, -0.2) is 53.7 Å². The first kappa shape index (κ1) is 31.0. The van der Waals surface area contributed by atoms with Crippen molar-refractivity contribution in [2.75, 3.05) is 11.4 Å². The number of nitrogens with one attached hydrogen (secondary N) is 2. The summed E-state index contributed by atoms with van der Waals surface area (Å²) in [6.45, 7) is 6.45. The highest BCUT2D eigenvalue weighted by molar-refractivity contribution is 5.99. The van der Waals surface area contributed by atoms with E-state index >= 15 is 0 Å². The van der Waals surface area contributed by atoms with Gasteiger partial charge < -0.3 is 25.4 Å². The van der Waals surface area contributed by atoms with E-state index in [-0.39, 0.29) is 36.3 Å². The Bertz CT molecular complexity index is 1280. The van der Waals surface area contributed by atoms with Gasteiger partial charge in [0.05, 0.1) is 18.2 Å². The van der Waals surface area contributed by atoms with E-state index in [2.05, 4.69) is 10.6 Å². The van der Waals surface area contributed by atoms with Crippen molar-refractivity contribution in [2.45, 2.75) is 103 Å². The van der Waals surface area contributed by atoms with Gasteiger partial charge in [-0.1, -0.05) is 50.6 Å². The standard InChI is InChI=1S/C35H47N3O5/c1-4-23(3)43-29-20-27(19-28(21-29)38-14-8-11-33(38)40)35(42)37-31(17-24-9-6-5-7-10-24)32(39)15-22(2)34(41)36-30-18-25-12-13-26(30)16-25/h5-7,9-10,19-23,25-26,30-32,39H,4,8,11-18H2,1-3H3,(H,36,41)(H,37,42)/t22-,23+,25?,26?,30?,31?,32+/m1/s1. The Hall–Kier alpha value is -3.39. The molecule has 4 unspecified atom stereocenters. The molecule has 3 aliphatic rings. The second-order valence-corrected chi connectivity index (χ2v) is 13.0. The highest BCUT2D eigenvalue weighted by atomic mass is 16.5. The summed E-state index contributed by atoms with van der Waals surface area (Å²) < 4.78 is 6.08. The van der Waals surface area contributed by atoms with Gasteiger partial charge in [0.2, 0.25) is 11.8 Å². The van der Waals surface area contributed by atoms with Gasteiger partial charge in [-0.15, -0.1) is 0 Å². The minimum absolute atomic E-state index is 0.0297. The molecule has 3 amide bonds. The first-order valence-electron chi connectivity index (χ1n) is 16.2. The van der Waals surface area contributed by atoms with Gasteiger partial charge in [-0.3, -0.25) is 14.4 Å². The van der Waals surface area contributed by atoms with Crippen LogP contribution in [0.5, 0.6) is 5.75 Å². The molecular formula is C35H47N3O5. The average molecular weight is 590 g/mol. The second kappa shape index (κ2) is 13.9. The topological polar surface area (TPSA) is 108 Å². The Labute approximate surface area is 255 Å². The first-order valence-corrected chi connectivity index (χ1v) is 16.2. The minimum atomic E-state index is -0.941. The van der Waals surface area contributed by atoms with E-state index in [1.807, 2.05) is 57.2 Å². The molecule has 1 heterocycles. The van der Waals surface area contributed by atoms with Gasteiger partial charge in [0.15, 0.2) is 0 Å². The third-order valence-corrected chi connectivity index (χ3v) is 9.64. The smallest absolute Gasteiger partial charge is 0.251 e. The molecular weight excluding hydrogens is 542 g/mol. The van der Waals surface area contributed by atoms with E-state index in [0.717, 1.165) is 30.7 Å². The van der Waals surface area contributed by atoms with E-state index in [4.69, 9.17) is 4.74 Å². The lowest BCUT2D eigenvalue weighted by atomic mass is 9.91. The van der Waals surface area contributed by atoms with Crippen molar-refractivity contribution in [1.29, 1.82) is 0 Å². The quantitative estimate of drug-likeness (QED) is 0.304. The molecule has 1 aliphatic heterocycles. The molecule has 7 atom stereocenters. The van der Waals surface area contributed by atoms with Crippen LogP contribution in [0.1, 0.15) is 88.1 Å². The number of anilines is 1. The van der Waals surface area contributed by atoms with Gasteiger partial charge in [0.25, 0.3) is 5.91 Å². The summed E-state index contributed by atoms with van der Waals surface area (Å²) in [5, 5.41) is 17.8. The van der Waals surface area contributed by atoms with E-state index in [1.165, 1.54) is 19.3 Å². The van der Waals surface area contributed by atoms with Crippen LogP contribution in [0.3, 0.4) is 0 Å². The van der Waals surface area contributed by atoms with Crippen LogP contribution in [0.4, 0.5) is 5.69 Å².